The summed E-state index contributed by atoms with van der Waals surface area (Å²) in [4.78, 5) is 11.8. The molecular weight excluding hydrogens is 302 g/mol. The second-order valence-corrected chi connectivity index (χ2v) is 5.48. The normalized spacial score (nSPS) is 10.8. The van der Waals surface area contributed by atoms with E-state index in [0.29, 0.717) is 11.3 Å². The predicted molar refractivity (Wildman–Crippen MR) is 92.9 cm³/mol. The topological polar surface area (TPSA) is 74.5 Å². The molecule has 0 saturated carbocycles. The highest BCUT2D eigenvalue weighted by Gasteiger charge is 2.05. The molecule has 2 rings (SSSR count). The predicted octanol–water partition coefficient (Wildman–Crippen LogP) is 3.09. The molecule has 0 aliphatic carbocycles. The fourth-order valence-corrected chi connectivity index (χ4v) is 2.23. The number of rotatable bonds is 5. The van der Waals surface area contributed by atoms with E-state index in [2.05, 4.69) is 16.6 Å². The maximum Gasteiger partial charge on any atom is 0.277 e. The summed E-state index contributed by atoms with van der Waals surface area (Å²) in [5.41, 5.74) is 7.05. The van der Waals surface area contributed by atoms with Gasteiger partial charge in [-0.15, -0.1) is 0 Å². The van der Waals surface area contributed by atoms with E-state index in [9.17, 15) is 4.79 Å². The maximum absolute atomic E-state index is 11.8. The van der Waals surface area contributed by atoms with Crippen LogP contribution in [-0.2, 0) is 4.79 Å². The van der Waals surface area contributed by atoms with Crippen LogP contribution in [0.4, 0.5) is 0 Å². The number of carbonyl (C=O) groups excluding carboxylic acids is 1. The fourth-order valence-electron chi connectivity index (χ4n) is 2.23. The fraction of sp³-hybridized carbons (Fsp3) is 0.211. The molecular formula is C19H19N3O2. The number of hydrogen-bond donors (Lipinski definition) is 1. The van der Waals surface area contributed by atoms with Gasteiger partial charge in [-0.25, -0.2) is 5.43 Å². The van der Waals surface area contributed by atoms with Gasteiger partial charge in [0.15, 0.2) is 6.61 Å². The molecule has 5 heteroatoms. The maximum atomic E-state index is 11.8. The van der Waals surface area contributed by atoms with Crippen molar-refractivity contribution in [3.05, 3.63) is 64.7 Å². The number of ether oxygens (including phenoxy) is 1. The summed E-state index contributed by atoms with van der Waals surface area (Å²) in [7, 11) is 0. The molecule has 0 radical (unpaired) electrons. The van der Waals surface area contributed by atoms with E-state index in [0.717, 1.165) is 16.8 Å². The van der Waals surface area contributed by atoms with Crippen LogP contribution in [0.5, 0.6) is 5.75 Å². The molecule has 24 heavy (non-hydrogen) atoms. The Bertz CT molecular complexity index is 802. The summed E-state index contributed by atoms with van der Waals surface area (Å²) in [6, 6.07) is 14.7. The molecule has 0 spiro atoms. The Hall–Kier alpha value is -3.13. The van der Waals surface area contributed by atoms with E-state index in [-0.39, 0.29) is 12.5 Å². The van der Waals surface area contributed by atoms with Crippen LogP contribution in [0.2, 0.25) is 0 Å². The molecule has 5 nitrogen and oxygen atoms in total. The number of nitrogens with zero attached hydrogens (tertiary/aromatic N) is 2. The summed E-state index contributed by atoms with van der Waals surface area (Å²) in [6.45, 7) is 5.75. The largest absolute Gasteiger partial charge is 0.484 e. The van der Waals surface area contributed by atoms with Gasteiger partial charge in [-0.2, -0.15) is 10.4 Å². The lowest BCUT2D eigenvalue weighted by Crippen LogP contribution is -2.25. The highest BCUT2D eigenvalue weighted by atomic mass is 16.5. The van der Waals surface area contributed by atoms with Crippen molar-refractivity contribution in [2.75, 3.05) is 6.61 Å². The summed E-state index contributed by atoms with van der Waals surface area (Å²) < 4.78 is 5.35. The van der Waals surface area contributed by atoms with Crippen LogP contribution >= 0.6 is 0 Å². The number of nitrogens with one attached hydrogen (secondary N) is 1. The van der Waals surface area contributed by atoms with E-state index < -0.39 is 0 Å². The number of hydrazone groups is 1. The van der Waals surface area contributed by atoms with Gasteiger partial charge >= 0.3 is 0 Å². The Labute approximate surface area is 141 Å². The lowest BCUT2D eigenvalue weighted by atomic mass is 10.0. The number of benzene rings is 2. The second-order valence-electron chi connectivity index (χ2n) is 5.48. The quantitative estimate of drug-likeness (QED) is 0.679. The molecule has 122 valence electrons. The number of carbonyl (C=O) groups is 1. The molecule has 1 N–H and O–H groups in total. The van der Waals surface area contributed by atoms with Crippen LogP contribution in [0.15, 0.2) is 47.6 Å². The van der Waals surface area contributed by atoms with Gasteiger partial charge in [0.1, 0.15) is 5.75 Å². The molecule has 0 unspecified atom stereocenters. The Kier molecular flexibility index (Phi) is 5.69. The third-order valence-electron chi connectivity index (χ3n) is 3.47. The number of amides is 1. The first-order chi connectivity index (χ1) is 11.5. The van der Waals surface area contributed by atoms with E-state index in [4.69, 9.17) is 10.00 Å². The van der Waals surface area contributed by atoms with Crippen molar-refractivity contribution < 1.29 is 9.53 Å². The summed E-state index contributed by atoms with van der Waals surface area (Å²) in [5.74, 6) is 0.183. The minimum absolute atomic E-state index is 0.143. The molecule has 0 aromatic heterocycles. The van der Waals surface area contributed by atoms with Crippen LogP contribution in [0.3, 0.4) is 0 Å². The van der Waals surface area contributed by atoms with Crippen LogP contribution in [0, 0.1) is 25.2 Å². The van der Waals surface area contributed by atoms with Crippen molar-refractivity contribution in [3.63, 3.8) is 0 Å². The van der Waals surface area contributed by atoms with Gasteiger partial charge in [-0.05, 0) is 50.6 Å². The summed E-state index contributed by atoms with van der Waals surface area (Å²) in [6.07, 6.45) is 0. The van der Waals surface area contributed by atoms with Crippen LogP contribution in [0.25, 0.3) is 0 Å². The van der Waals surface area contributed by atoms with Gasteiger partial charge in [-0.3, -0.25) is 4.79 Å². The van der Waals surface area contributed by atoms with Gasteiger partial charge in [0.05, 0.1) is 17.3 Å². The highest BCUT2D eigenvalue weighted by Crippen LogP contribution is 2.12. The zero-order valence-corrected chi connectivity index (χ0v) is 14.0. The zero-order valence-electron chi connectivity index (χ0n) is 14.0. The summed E-state index contributed by atoms with van der Waals surface area (Å²) in [5, 5.41) is 12.8. The van der Waals surface area contributed by atoms with Crippen LogP contribution < -0.4 is 10.2 Å². The Morgan fingerprint density at radius 3 is 2.54 bits per heavy atom. The zero-order chi connectivity index (χ0) is 17.5. The van der Waals surface area contributed by atoms with Gasteiger partial charge in [0, 0.05) is 5.56 Å². The average Bonchev–Trinajstić information content (AvgIpc) is 2.58. The molecule has 2 aromatic carbocycles. The molecule has 0 atom stereocenters. The van der Waals surface area contributed by atoms with E-state index in [1.807, 2.05) is 39.0 Å². The lowest BCUT2D eigenvalue weighted by molar-refractivity contribution is -0.123. The standard InChI is InChI=1S/C19H19N3O2/c1-13-4-9-18(14(2)10-13)15(3)21-22-19(23)12-24-17-7-5-16(11-20)6-8-17/h4-10H,12H2,1-3H3,(H,22,23)/b21-15-. The number of hydrogen-bond acceptors (Lipinski definition) is 4. The molecule has 0 fully saturated rings. The Morgan fingerprint density at radius 2 is 1.92 bits per heavy atom. The molecule has 0 bridgehead atoms. The third kappa shape index (κ3) is 4.68. The van der Waals surface area contributed by atoms with Gasteiger partial charge in [0.25, 0.3) is 5.91 Å². The van der Waals surface area contributed by atoms with E-state index in [1.165, 1.54) is 5.56 Å². The van der Waals surface area contributed by atoms with Gasteiger partial charge in [-0.1, -0.05) is 23.8 Å². The lowest BCUT2D eigenvalue weighted by Gasteiger charge is -2.08. The van der Waals surface area contributed by atoms with E-state index in [1.54, 1.807) is 24.3 Å². The van der Waals surface area contributed by atoms with Crippen molar-refractivity contribution >= 4 is 11.6 Å². The third-order valence-corrected chi connectivity index (χ3v) is 3.47. The first-order valence-electron chi connectivity index (χ1n) is 7.53. The smallest absolute Gasteiger partial charge is 0.277 e. The van der Waals surface area contributed by atoms with Crippen molar-refractivity contribution in [1.29, 1.82) is 5.26 Å². The molecule has 0 aliphatic heterocycles. The Morgan fingerprint density at radius 1 is 1.21 bits per heavy atom. The monoisotopic (exact) mass is 321 g/mol. The van der Waals surface area contributed by atoms with Crippen molar-refractivity contribution in [3.8, 4) is 11.8 Å². The van der Waals surface area contributed by atoms with E-state index >= 15 is 0 Å². The minimum Gasteiger partial charge on any atom is -0.484 e. The SMILES string of the molecule is C/C(=N/NC(=O)COc1ccc(C#N)cc1)c1ccc(C)cc1C. The summed E-state index contributed by atoms with van der Waals surface area (Å²) >= 11 is 0. The van der Waals surface area contributed by atoms with Gasteiger partial charge < -0.3 is 4.74 Å². The number of aryl methyl sites for hydroxylation is 2. The minimum atomic E-state index is -0.344. The Balaban J connectivity index is 1.90. The molecule has 1 amide bonds. The van der Waals surface area contributed by atoms with Crippen LogP contribution in [-0.4, -0.2) is 18.2 Å². The molecule has 0 saturated heterocycles. The van der Waals surface area contributed by atoms with Crippen LogP contribution in [0.1, 0.15) is 29.2 Å². The first-order valence-corrected chi connectivity index (χ1v) is 7.53. The van der Waals surface area contributed by atoms with Crippen molar-refractivity contribution in [2.45, 2.75) is 20.8 Å². The average molecular weight is 321 g/mol. The molecule has 0 heterocycles. The molecule has 2 aromatic rings. The molecule has 0 aliphatic rings. The van der Waals surface area contributed by atoms with Crippen molar-refractivity contribution in [1.82, 2.24) is 5.43 Å². The first kappa shape index (κ1) is 17.2. The van der Waals surface area contributed by atoms with Crippen molar-refractivity contribution in [2.24, 2.45) is 5.10 Å². The second kappa shape index (κ2) is 7.93. The number of nitriles is 1. The highest BCUT2D eigenvalue weighted by molar-refractivity contribution is 6.00. The van der Waals surface area contributed by atoms with Gasteiger partial charge in [0.2, 0.25) is 0 Å².